The van der Waals surface area contributed by atoms with Crippen LogP contribution in [0.25, 0.3) is 11.0 Å². The van der Waals surface area contributed by atoms with Gasteiger partial charge in [0.1, 0.15) is 11.9 Å². The highest BCUT2D eigenvalue weighted by molar-refractivity contribution is 5.94. The van der Waals surface area contributed by atoms with Crippen LogP contribution in [-0.2, 0) is 16.1 Å². The fraction of sp³-hybridized carbons (Fsp3) is 0.467. The molecule has 6 heteroatoms. The number of fused-ring (bicyclic) bond motifs is 1. The fourth-order valence-corrected chi connectivity index (χ4v) is 2.73. The molecule has 0 spiro atoms. The van der Waals surface area contributed by atoms with Gasteiger partial charge in [-0.1, -0.05) is 6.92 Å². The Morgan fingerprint density at radius 1 is 1.57 bits per heavy atom. The number of ether oxygens (including phenoxy) is 1. The molecule has 3 rings (SSSR count). The maximum Gasteiger partial charge on any atom is 0.256 e. The van der Waals surface area contributed by atoms with Crippen molar-refractivity contribution in [3.05, 3.63) is 24.0 Å². The number of hydrogen-bond acceptors (Lipinski definition) is 3. The van der Waals surface area contributed by atoms with Gasteiger partial charge >= 0.3 is 0 Å². The van der Waals surface area contributed by atoms with Crippen LogP contribution in [0, 0.1) is 11.7 Å². The number of hydrogen-bond donors (Lipinski definition) is 1. The molecule has 0 bridgehead atoms. The predicted molar refractivity (Wildman–Crippen MR) is 77.5 cm³/mol. The van der Waals surface area contributed by atoms with Crippen molar-refractivity contribution in [3.63, 3.8) is 0 Å². The van der Waals surface area contributed by atoms with Gasteiger partial charge in [-0.05, 0) is 31.4 Å². The Labute approximate surface area is 122 Å². The number of anilines is 1. The molecule has 21 heavy (non-hydrogen) atoms. The molecular weight excluding hydrogens is 273 g/mol. The second-order valence-electron chi connectivity index (χ2n) is 5.36. The third kappa shape index (κ3) is 2.51. The second-order valence-corrected chi connectivity index (χ2v) is 5.36. The third-order valence-corrected chi connectivity index (χ3v) is 3.91. The lowest BCUT2D eigenvalue weighted by Gasteiger charge is -2.14. The Bertz CT molecular complexity index is 683. The first-order valence-corrected chi connectivity index (χ1v) is 7.18. The number of rotatable bonds is 3. The summed E-state index contributed by atoms with van der Waals surface area (Å²) in [6.07, 6.45) is 0.444. The van der Waals surface area contributed by atoms with Crippen LogP contribution in [0.15, 0.2) is 18.2 Å². The van der Waals surface area contributed by atoms with Gasteiger partial charge in [0.2, 0.25) is 5.95 Å². The summed E-state index contributed by atoms with van der Waals surface area (Å²) < 4.78 is 20.6. The summed E-state index contributed by atoms with van der Waals surface area (Å²) in [5.74, 6) is 0.104. The van der Waals surface area contributed by atoms with Crippen LogP contribution in [0.4, 0.5) is 10.3 Å². The van der Waals surface area contributed by atoms with E-state index in [0.29, 0.717) is 24.6 Å². The van der Waals surface area contributed by atoms with Crippen LogP contribution in [0.5, 0.6) is 0 Å². The largest absolute Gasteiger partial charge is 0.368 e. The van der Waals surface area contributed by atoms with E-state index in [9.17, 15) is 9.18 Å². The molecule has 1 aliphatic rings. The normalized spacial score (nSPS) is 21.9. The van der Waals surface area contributed by atoms with E-state index in [-0.39, 0.29) is 17.6 Å². The molecule has 2 aromatic rings. The highest BCUT2D eigenvalue weighted by atomic mass is 19.1. The van der Waals surface area contributed by atoms with E-state index in [1.54, 1.807) is 6.07 Å². The molecule has 112 valence electrons. The number of aryl methyl sites for hydroxylation is 1. The van der Waals surface area contributed by atoms with Gasteiger partial charge in [0.05, 0.1) is 11.0 Å². The van der Waals surface area contributed by atoms with E-state index in [1.165, 1.54) is 12.1 Å². The van der Waals surface area contributed by atoms with E-state index in [2.05, 4.69) is 10.3 Å². The first kappa shape index (κ1) is 14.0. The number of carbonyl (C=O) groups is 1. The van der Waals surface area contributed by atoms with Crippen LogP contribution < -0.4 is 5.32 Å². The SMILES string of the molecule is CCn1c(NC(=O)[C@H]2OCC[C@H]2C)nc2cc(F)ccc21. The molecule has 0 radical (unpaired) electrons. The van der Waals surface area contributed by atoms with Crippen molar-refractivity contribution in [1.29, 1.82) is 0 Å². The molecule has 1 N–H and O–H groups in total. The average Bonchev–Trinajstić information content (AvgIpc) is 3.01. The zero-order valence-corrected chi connectivity index (χ0v) is 12.1. The number of benzene rings is 1. The second kappa shape index (κ2) is 5.44. The van der Waals surface area contributed by atoms with Crippen molar-refractivity contribution < 1.29 is 13.9 Å². The number of nitrogens with zero attached hydrogens (tertiary/aromatic N) is 2. The number of nitrogens with one attached hydrogen (secondary N) is 1. The van der Waals surface area contributed by atoms with E-state index in [1.807, 2.05) is 18.4 Å². The number of carbonyl (C=O) groups excluding carboxylic acids is 1. The quantitative estimate of drug-likeness (QED) is 0.945. The van der Waals surface area contributed by atoms with Gasteiger partial charge in [-0.25, -0.2) is 9.37 Å². The van der Waals surface area contributed by atoms with Crippen LogP contribution >= 0.6 is 0 Å². The lowest BCUT2D eigenvalue weighted by Crippen LogP contribution is -2.32. The Morgan fingerprint density at radius 3 is 3.05 bits per heavy atom. The van der Waals surface area contributed by atoms with Gasteiger partial charge in [0, 0.05) is 19.2 Å². The molecule has 1 aliphatic heterocycles. The lowest BCUT2D eigenvalue weighted by molar-refractivity contribution is -0.126. The van der Waals surface area contributed by atoms with E-state index < -0.39 is 6.10 Å². The molecule has 5 nitrogen and oxygen atoms in total. The minimum Gasteiger partial charge on any atom is -0.368 e. The molecule has 2 atom stereocenters. The molecule has 0 unspecified atom stereocenters. The minimum atomic E-state index is -0.438. The average molecular weight is 291 g/mol. The Balaban J connectivity index is 1.91. The maximum absolute atomic E-state index is 13.3. The molecule has 1 fully saturated rings. The molecule has 1 saturated heterocycles. The van der Waals surface area contributed by atoms with Crippen molar-refractivity contribution >= 4 is 22.9 Å². The van der Waals surface area contributed by atoms with Crippen molar-refractivity contribution in [2.75, 3.05) is 11.9 Å². The van der Waals surface area contributed by atoms with Gasteiger partial charge in [-0.15, -0.1) is 0 Å². The number of halogens is 1. The standard InChI is InChI=1S/C15H18FN3O2/c1-3-19-12-5-4-10(16)8-11(12)17-15(19)18-14(20)13-9(2)6-7-21-13/h4-5,8-9,13H,3,6-7H2,1-2H3,(H,17,18,20)/t9-,13+/m1/s1. The molecular formula is C15H18FN3O2. The van der Waals surface area contributed by atoms with Crippen molar-refractivity contribution in [3.8, 4) is 0 Å². The first-order chi connectivity index (χ1) is 10.1. The Hall–Kier alpha value is -1.95. The van der Waals surface area contributed by atoms with Crippen molar-refractivity contribution in [2.45, 2.75) is 32.9 Å². The number of aromatic nitrogens is 2. The van der Waals surface area contributed by atoms with Crippen molar-refractivity contribution in [1.82, 2.24) is 9.55 Å². The van der Waals surface area contributed by atoms with E-state index in [4.69, 9.17) is 4.74 Å². The summed E-state index contributed by atoms with van der Waals surface area (Å²) >= 11 is 0. The summed E-state index contributed by atoms with van der Waals surface area (Å²) in [7, 11) is 0. The smallest absolute Gasteiger partial charge is 0.256 e. The van der Waals surface area contributed by atoms with Gasteiger partial charge in [0.25, 0.3) is 5.91 Å². The molecule has 1 amide bonds. The first-order valence-electron chi connectivity index (χ1n) is 7.18. The summed E-state index contributed by atoms with van der Waals surface area (Å²) in [6, 6.07) is 4.43. The molecule has 1 aromatic carbocycles. The summed E-state index contributed by atoms with van der Waals surface area (Å²) in [4.78, 5) is 16.6. The highest BCUT2D eigenvalue weighted by Crippen LogP contribution is 2.24. The topological polar surface area (TPSA) is 56.2 Å². The fourth-order valence-electron chi connectivity index (χ4n) is 2.73. The number of imidazole rings is 1. The van der Waals surface area contributed by atoms with Crippen molar-refractivity contribution in [2.24, 2.45) is 5.92 Å². The summed E-state index contributed by atoms with van der Waals surface area (Å²) in [6.45, 7) is 5.19. The van der Waals surface area contributed by atoms with Crippen LogP contribution in [0.2, 0.25) is 0 Å². The summed E-state index contributed by atoms with van der Waals surface area (Å²) in [5.41, 5.74) is 1.34. The molecule has 1 aromatic heterocycles. The zero-order chi connectivity index (χ0) is 15.0. The lowest BCUT2D eigenvalue weighted by atomic mass is 10.0. The maximum atomic E-state index is 13.3. The molecule has 0 aliphatic carbocycles. The molecule has 0 saturated carbocycles. The highest BCUT2D eigenvalue weighted by Gasteiger charge is 2.31. The van der Waals surface area contributed by atoms with Crippen LogP contribution in [0.1, 0.15) is 20.3 Å². The molecule has 2 heterocycles. The van der Waals surface area contributed by atoms with Gasteiger partial charge in [-0.3, -0.25) is 10.1 Å². The van der Waals surface area contributed by atoms with Gasteiger partial charge in [0.15, 0.2) is 0 Å². The van der Waals surface area contributed by atoms with Gasteiger partial charge < -0.3 is 9.30 Å². The predicted octanol–water partition coefficient (Wildman–Crippen LogP) is 2.56. The van der Waals surface area contributed by atoms with E-state index >= 15 is 0 Å². The van der Waals surface area contributed by atoms with Crippen LogP contribution in [0.3, 0.4) is 0 Å². The van der Waals surface area contributed by atoms with Crippen LogP contribution in [-0.4, -0.2) is 28.2 Å². The third-order valence-electron chi connectivity index (χ3n) is 3.91. The van der Waals surface area contributed by atoms with E-state index in [0.717, 1.165) is 11.9 Å². The van der Waals surface area contributed by atoms with Gasteiger partial charge in [-0.2, -0.15) is 0 Å². The monoisotopic (exact) mass is 291 g/mol. The zero-order valence-electron chi connectivity index (χ0n) is 12.1. The Morgan fingerprint density at radius 2 is 2.38 bits per heavy atom. The Kier molecular flexibility index (Phi) is 3.63. The summed E-state index contributed by atoms with van der Waals surface area (Å²) in [5, 5.41) is 2.81. The minimum absolute atomic E-state index is 0.189. The number of amides is 1.